The van der Waals surface area contributed by atoms with E-state index in [1.807, 2.05) is 61.6 Å². The van der Waals surface area contributed by atoms with Crippen LogP contribution in [-0.2, 0) is 6.54 Å². The van der Waals surface area contributed by atoms with Crippen molar-refractivity contribution >= 4 is 5.91 Å². The van der Waals surface area contributed by atoms with Crippen molar-refractivity contribution in [1.29, 1.82) is 0 Å². The topological polar surface area (TPSA) is 61.5 Å². The number of H-pyrrole nitrogens is 1. The Morgan fingerprint density at radius 3 is 2.79 bits per heavy atom. The van der Waals surface area contributed by atoms with Gasteiger partial charge < -0.3 is 14.5 Å². The summed E-state index contributed by atoms with van der Waals surface area (Å²) in [5.74, 6) is 0.864. The number of carbonyl (C=O) groups is 1. The molecule has 0 radical (unpaired) electrons. The van der Waals surface area contributed by atoms with Crippen LogP contribution in [-0.4, -0.2) is 53.7 Å². The van der Waals surface area contributed by atoms with Crippen LogP contribution in [0.4, 0.5) is 0 Å². The molecule has 2 aromatic carbocycles. The molecule has 4 rings (SSSR count). The number of likely N-dealkylation sites (N-methyl/N-ethyl adjacent to an activating group) is 1. The predicted molar refractivity (Wildman–Crippen MR) is 108 cm³/mol. The summed E-state index contributed by atoms with van der Waals surface area (Å²) < 4.78 is 5.39. The van der Waals surface area contributed by atoms with Gasteiger partial charge in [-0.2, -0.15) is 5.10 Å². The molecular formula is C22H24N4O2. The molecule has 6 heteroatoms. The first-order valence-corrected chi connectivity index (χ1v) is 9.28. The van der Waals surface area contributed by atoms with Crippen LogP contribution in [0.1, 0.15) is 27.5 Å². The first-order chi connectivity index (χ1) is 13.6. The lowest BCUT2D eigenvalue weighted by atomic mass is 10.0. The average Bonchev–Trinajstić information content (AvgIpc) is 3.34. The average molecular weight is 376 g/mol. The monoisotopic (exact) mass is 376 g/mol. The second-order valence-electron chi connectivity index (χ2n) is 7.35. The largest absolute Gasteiger partial charge is 0.497 e. The van der Waals surface area contributed by atoms with Gasteiger partial charge in [0.05, 0.1) is 19.3 Å². The Balaban J connectivity index is 1.68. The zero-order valence-electron chi connectivity index (χ0n) is 16.3. The molecule has 1 atom stereocenters. The van der Waals surface area contributed by atoms with Crippen LogP contribution >= 0.6 is 0 Å². The van der Waals surface area contributed by atoms with E-state index < -0.39 is 0 Å². The Kier molecular flexibility index (Phi) is 4.88. The highest BCUT2D eigenvalue weighted by molar-refractivity contribution is 5.99. The van der Waals surface area contributed by atoms with Gasteiger partial charge in [0.1, 0.15) is 5.75 Å². The van der Waals surface area contributed by atoms with E-state index >= 15 is 0 Å². The molecule has 1 unspecified atom stereocenters. The number of nitrogens with zero attached hydrogens (tertiary/aromatic N) is 3. The number of carbonyl (C=O) groups excluding carboxylic acids is 1. The molecule has 1 N–H and O–H groups in total. The van der Waals surface area contributed by atoms with Gasteiger partial charge in [0.25, 0.3) is 5.91 Å². The van der Waals surface area contributed by atoms with Crippen LogP contribution in [0.15, 0.2) is 54.9 Å². The van der Waals surface area contributed by atoms with E-state index in [9.17, 15) is 4.79 Å². The molecule has 0 spiro atoms. The van der Waals surface area contributed by atoms with Gasteiger partial charge in [0, 0.05) is 30.4 Å². The van der Waals surface area contributed by atoms with E-state index in [1.165, 1.54) is 0 Å². The molecule has 3 aromatic rings. The van der Waals surface area contributed by atoms with Crippen molar-refractivity contribution in [1.82, 2.24) is 20.0 Å². The van der Waals surface area contributed by atoms with Crippen LogP contribution in [0.5, 0.6) is 5.75 Å². The number of fused-ring (bicyclic) bond motifs is 1. The molecule has 6 nitrogen and oxygen atoms in total. The van der Waals surface area contributed by atoms with Crippen LogP contribution in [0.25, 0.3) is 11.1 Å². The molecule has 28 heavy (non-hydrogen) atoms. The third-order valence-corrected chi connectivity index (χ3v) is 5.17. The number of ether oxygens (including phenoxy) is 1. The van der Waals surface area contributed by atoms with Gasteiger partial charge in [0.15, 0.2) is 0 Å². The SMILES string of the molecule is COc1cccc(C(CN(C)C)N2Cc3ccc(-c4cn[nH]c4)cc3C2=O)c1. The summed E-state index contributed by atoms with van der Waals surface area (Å²) in [4.78, 5) is 17.4. The molecule has 1 amide bonds. The van der Waals surface area contributed by atoms with Gasteiger partial charge in [-0.3, -0.25) is 9.89 Å². The quantitative estimate of drug-likeness (QED) is 0.717. The van der Waals surface area contributed by atoms with Crippen molar-refractivity contribution in [2.45, 2.75) is 12.6 Å². The fourth-order valence-electron chi connectivity index (χ4n) is 3.74. The third kappa shape index (κ3) is 3.39. The fraction of sp³-hybridized carbons (Fsp3) is 0.273. The third-order valence-electron chi connectivity index (χ3n) is 5.17. The number of aromatic nitrogens is 2. The van der Waals surface area contributed by atoms with Gasteiger partial charge in [-0.15, -0.1) is 0 Å². The number of hydrogen-bond acceptors (Lipinski definition) is 4. The van der Waals surface area contributed by atoms with E-state index in [4.69, 9.17) is 4.74 Å². The number of hydrogen-bond donors (Lipinski definition) is 1. The number of rotatable bonds is 6. The van der Waals surface area contributed by atoms with Crippen LogP contribution in [0, 0.1) is 0 Å². The van der Waals surface area contributed by atoms with E-state index in [-0.39, 0.29) is 11.9 Å². The maximum Gasteiger partial charge on any atom is 0.255 e. The summed E-state index contributed by atoms with van der Waals surface area (Å²) in [5, 5.41) is 6.83. The Labute approximate surface area is 164 Å². The van der Waals surface area contributed by atoms with Crippen molar-refractivity contribution < 1.29 is 9.53 Å². The summed E-state index contributed by atoms with van der Waals surface area (Å²) in [5.41, 5.74) is 4.87. The van der Waals surface area contributed by atoms with Crippen LogP contribution in [0.3, 0.4) is 0 Å². The molecule has 1 aliphatic heterocycles. The molecule has 1 aliphatic rings. The zero-order valence-corrected chi connectivity index (χ0v) is 16.3. The molecule has 0 aliphatic carbocycles. The summed E-state index contributed by atoms with van der Waals surface area (Å²) in [6.45, 7) is 1.34. The summed E-state index contributed by atoms with van der Waals surface area (Å²) in [7, 11) is 5.71. The van der Waals surface area contributed by atoms with E-state index in [0.717, 1.165) is 40.1 Å². The van der Waals surface area contributed by atoms with Gasteiger partial charge in [-0.25, -0.2) is 0 Å². The number of aromatic amines is 1. The zero-order chi connectivity index (χ0) is 19.7. The minimum atomic E-state index is -0.0534. The Hall–Kier alpha value is -3.12. The maximum atomic E-state index is 13.3. The Bertz CT molecular complexity index is 982. The van der Waals surface area contributed by atoms with Crippen LogP contribution in [0.2, 0.25) is 0 Å². The van der Waals surface area contributed by atoms with Crippen molar-refractivity contribution in [3.63, 3.8) is 0 Å². The molecule has 2 heterocycles. The fourth-order valence-corrected chi connectivity index (χ4v) is 3.74. The number of nitrogens with one attached hydrogen (secondary N) is 1. The first kappa shape index (κ1) is 18.3. The Morgan fingerprint density at radius 2 is 2.07 bits per heavy atom. The lowest BCUT2D eigenvalue weighted by Gasteiger charge is -2.30. The molecule has 0 fully saturated rings. The summed E-state index contributed by atoms with van der Waals surface area (Å²) in [6.07, 6.45) is 3.61. The minimum Gasteiger partial charge on any atom is -0.497 e. The van der Waals surface area contributed by atoms with E-state index in [2.05, 4.69) is 21.2 Å². The van der Waals surface area contributed by atoms with Gasteiger partial charge in [-0.05, 0) is 49.0 Å². The van der Waals surface area contributed by atoms with Crippen molar-refractivity contribution in [3.05, 3.63) is 71.5 Å². The molecule has 0 bridgehead atoms. The van der Waals surface area contributed by atoms with Crippen LogP contribution < -0.4 is 4.74 Å². The van der Waals surface area contributed by atoms with E-state index in [1.54, 1.807) is 13.3 Å². The second-order valence-corrected chi connectivity index (χ2v) is 7.35. The highest BCUT2D eigenvalue weighted by Gasteiger charge is 2.34. The standard InChI is InChI=1S/C22H24N4O2/c1-25(2)14-21(16-5-4-6-19(9-16)28-3)26-13-17-8-7-15(10-20(17)22(26)27)18-11-23-24-12-18/h4-12,21H,13-14H2,1-3H3,(H,23,24). The number of amides is 1. The maximum absolute atomic E-state index is 13.3. The van der Waals surface area contributed by atoms with E-state index in [0.29, 0.717) is 6.54 Å². The lowest BCUT2D eigenvalue weighted by molar-refractivity contribution is 0.0671. The van der Waals surface area contributed by atoms with Gasteiger partial charge in [0.2, 0.25) is 0 Å². The smallest absolute Gasteiger partial charge is 0.255 e. The minimum absolute atomic E-state index is 0.0534. The Morgan fingerprint density at radius 1 is 1.21 bits per heavy atom. The molecule has 144 valence electrons. The number of benzene rings is 2. The van der Waals surface area contributed by atoms with Crippen molar-refractivity contribution in [3.8, 4) is 16.9 Å². The van der Waals surface area contributed by atoms with Crippen molar-refractivity contribution in [2.75, 3.05) is 27.7 Å². The molecule has 0 saturated carbocycles. The summed E-state index contributed by atoms with van der Waals surface area (Å²) in [6, 6.07) is 14.0. The molecule has 1 aromatic heterocycles. The van der Waals surface area contributed by atoms with Crippen molar-refractivity contribution in [2.24, 2.45) is 0 Å². The van der Waals surface area contributed by atoms with Gasteiger partial charge in [-0.1, -0.05) is 24.3 Å². The summed E-state index contributed by atoms with van der Waals surface area (Å²) >= 11 is 0. The molecular weight excluding hydrogens is 352 g/mol. The number of methoxy groups -OCH3 is 1. The second kappa shape index (κ2) is 7.48. The molecule has 0 saturated heterocycles. The highest BCUT2D eigenvalue weighted by atomic mass is 16.5. The van der Waals surface area contributed by atoms with Gasteiger partial charge >= 0.3 is 0 Å². The predicted octanol–water partition coefficient (Wildman–Crippen LogP) is 3.34. The normalized spacial score (nSPS) is 14.4. The lowest BCUT2D eigenvalue weighted by Crippen LogP contribution is -2.35. The highest BCUT2D eigenvalue weighted by Crippen LogP contribution is 2.34. The first-order valence-electron chi connectivity index (χ1n) is 9.28.